The summed E-state index contributed by atoms with van der Waals surface area (Å²) < 4.78 is 83.0. The highest BCUT2D eigenvalue weighted by molar-refractivity contribution is 5.57. The molecule has 0 aromatic carbocycles. The van der Waals surface area contributed by atoms with Crippen molar-refractivity contribution in [3.63, 3.8) is 0 Å². The van der Waals surface area contributed by atoms with Gasteiger partial charge in [-0.2, -0.15) is 41.3 Å². The molecule has 0 aliphatic rings. The van der Waals surface area contributed by atoms with E-state index in [2.05, 4.69) is 30.2 Å². The molecule has 0 unspecified atom stereocenters. The van der Waals surface area contributed by atoms with Crippen LogP contribution >= 0.6 is 0 Å². The summed E-state index contributed by atoms with van der Waals surface area (Å²) in [6, 6.07) is 4.89. The first kappa shape index (κ1) is 22.2. The zero-order valence-corrected chi connectivity index (χ0v) is 16.0. The Morgan fingerprint density at radius 2 is 1.58 bits per heavy atom. The SMILES string of the molecule is CC(C)Oc1nc(Nc2ccnc(C(F)(F)F)c2)nc(-c2cccc(C(F)(F)F)n2)n1. The Morgan fingerprint density at radius 1 is 0.871 bits per heavy atom. The standard InChI is InChI=1S/C18H14F6N6O/c1-9(2)31-16-29-14(11-4-3-5-12(27-11)17(19,20)21)28-15(30-16)26-10-6-7-25-13(8-10)18(22,23)24/h3-9H,1-2H3,(H,25,26,28,29,30). The molecule has 0 saturated heterocycles. The summed E-state index contributed by atoms with van der Waals surface area (Å²) in [5.74, 6) is -0.511. The number of alkyl halides is 6. The van der Waals surface area contributed by atoms with Crippen LogP contribution < -0.4 is 10.1 Å². The molecule has 31 heavy (non-hydrogen) atoms. The van der Waals surface area contributed by atoms with Crippen molar-refractivity contribution in [3.05, 3.63) is 47.9 Å². The molecule has 3 aromatic heterocycles. The molecule has 0 bridgehead atoms. The molecule has 3 rings (SSSR count). The highest BCUT2D eigenvalue weighted by atomic mass is 19.4. The first-order chi connectivity index (χ1) is 14.4. The third kappa shape index (κ3) is 5.77. The van der Waals surface area contributed by atoms with Gasteiger partial charge in [-0.3, -0.25) is 4.98 Å². The van der Waals surface area contributed by atoms with Gasteiger partial charge in [-0.15, -0.1) is 0 Å². The van der Waals surface area contributed by atoms with E-state index in [1.807, 2.05) is 0 Å². The minimum atomic E-state index is -4.69. The van der Waals surface area contributed by atoms with Crippen molar-refractivity contribution in [2.45, 2.75) is 32.3 Å². The molecule has 0 fully saturated rings. The minimum Gasteiger partial charge on any atom is -0.461 e. The Bertz CT molecular complexity index is 1070. The van der Waals surface area contributed by atoms with Crippen LogP contribution in [-0.2, 0) is 12.4 Å². The summed E-state index contributed by atoms with van der Waals surface area (Å²) in [5, 5.41) is 2.55. The smallest absolute Gasteiger partial charge is 0.433 e. The fourth-order valence-electron chi connectivity index (χ4n) is 2.30. The first-order valence-corrected chi connectivity index (χ1v) is 8.69. The number of nitrogens with one attached hydrogen (secondary N) is 1. The predicted octanol–water partition coefficient (Wildman–Crippen LogP) is 4.90. The maximum atomic E-state index is 13.0. The number of anilines is 2. The number of rotatable bonds is 5. The zero-order valence-electron chi connectivity index (χ0n) is 16.0. The van der Waals surface area contributed by atoms with Crippen LogP contribution in [0.5, 0.6) is 6.01 Å². The summed E-state index contributed by atoms with van der Waals surface area (Å²) in [7, 11) is 0. The van der Waals surface area contributed by atoms with E-state index in [-0.39, 0.29) is 29.2 Å². The van der Waals surface area contributed by atoms with E-state index in [1.54, 1.807) is 13.8 Å². The predicted molar refractivity (Wildman–Crippen MR) is 96.3 cm³/mol. The van der Waals surface area contributed by atoms with E-state index in [4.69, 9.17) is 4.74 Å². The number of hydrogen-bond acceptors (Lipinski definition) is 7. The van der Waals surface area contributed by atoms with Crippen molar-refractivity contribution < 1.29 is 31.1 Å². The molecule has 3 heterocycles. The summed E-state index contributed by atoms with van der Waals surface area (Å²) in [6.45, 7) is 3.33. The van der Waals surface area contributed by atoms with Gasteiger partial charge in [0.25, 0.3) is 0 Å². The van der Waals surface area contributed by atoms with Gasteiger partial charge in [-0.05, 0) is 38.1 Å². The third-order valence-electron chi connectivity index (χ3n) is 3.53. The van der Waals surface area contributed by atoms with Gasteiger partial charge in [0.2, 0.25) is 5.95 Å². The molecule has 0 aliphatic heterocycles. The van der Waals surface area contributed by atoms with E-state index in [9.17, 15) is 26.3 Å². The quantitative estimate of drug-likeness (QED) is 0.561. The molecular weight excluding hydrogens is 430 g/mol. The molecular formula is C18H14F6N6O. The number of ether oxygens (including phenoxy) is 1. The van der Waals surface area contributed by atoms with E-state index in [0.717, 1.165) is 24.4 Å². The molecule has 164 valence electrons. The second-order valence-electron chi connectivity index (χ2n) is 6.39. The molecule has 13 heteroatoms. The molecule has 0 amide bonds. The van der Waals surface area contributed by atoms with E-state index >= 15 is 0 Å². The average molecular weight is 444 g/mol. The zero-order chi connectivity index (χ0) is 22.8. The normalized spacial score (nSPS) is 12.2. The van der Waals surface area contributed by atoms with Gasteiger partial charge in [0, 0.05) is 11.9 Å². The van der Waals surface area contributed by atoms with Gasteiger partial charge in [-0.1, -0.05) is 6.07 Å². The Labute approximate surface area is 171 Å². The minimum absolute atomic E-state index is 0.0491. The third-order valence-corrected chi connectivity index (χ3v) is 3.53. The molecule has 7 nitrogen and oxygen atoms in total. The van der Waals surface area contributed by atoms with Crippen molar-refractivity contribution in [2.24, 2.45) is 0 Å². The number of pyridine rings is 2. The van der Waals surface area contributed by atoms with Crippen molar-refractivity contribution in [2.75, 3.05) is 5.32 Å². The van der Waals surface area contributed by atoms with Gasteiger partial charge in [0.15, 0.2) is 5.82 Å². The molecule has 3 aromatic rings. The second kappa shape index (κ2) is 8.32. The van der Waals surface area contributed by atoms with E-state index in [1.165, 1.54) is 12.1 Å². The van der Waals surface area contributed by atoms with E-state index < -0.39 is 29.8 Å². The van der Waals surface area contributed by atoms with Crippen LogP contribution in [0.4, 0.5) is 38.0 Å². The Kier molecular flexibility index (Phi) is 5.95. The lowest BCUT2D eigenvalue weighted by Crippen LogP contribution is -2.13. The van der Waals surface area contributed by atoms with Gasteiger partial charge in [0.05, 0.1) is 6.10 Å². The Balaban J connectivity index is 2.02. The molecule has 0 spiro atoms. The molecule has 1 N–H and O–H groups in total. The molecule has 0 atom stereocenters. The second-order valence-corrected chi connectivity index (χ2v) is 6.39. The van der Waals surface area contributed by atoms with Crippen molar-refractivity contribution >= 4 is 11.6 Å². The number of aromatic nitrogens is 5. The lowest BCUT2D eigenvalue weighted by Gasteiger charge is -2.13. The molecule has 0 radical (unpaired) electrons. The topological polar surface area (TPSA) is 85.7 Å². The lowest BCUT2D eigenvalue weighted by atomic mass is 10.3. The molecule has 0 saturated carbocycles. The number of hydrogen-bond donors (Lipinski definition) is 1. The fourth-order valence-corrected chi connectivity index (χ4v) is 2.30. The van der Waals surface area contributed by atoms with Crippen LogP contribution in [-0.4, -0.2) is 31.0 Å². The summed E-state index contributed by atoms with van der Waals surface area (Å²) in [4.78, 5) is 18.6. The van der Waals surface area contributed by atoms with Crippen molar-refractivity contribution in [1.82, 2.24) is 24.9 Å². The average Bonchev–Trinajstić information content (AvgIpc) is 2.66. The van der Waals surface area contributed by atoms with Crippen LogP contribution in [0.15, 0.2) is 36.5 Å². The van der Waals surface area contributed by atoms with Crippen LogP contribution in [0, 0.1) is 0 Å². The van der Waals surface area contributed by atoms with Gasteiger partial charge in [0.1, 0.15) is 17.1 Å². The van der Waals surface area contributed by atoms with Crippen molar-refractivity contribution in [1.29, 1.82) is 0 Å². The first-order valence-electron chi connectivity index (χ1n) is 8.69. The van der Waals surface area contributed by atoms with Crippen LogP contribution in [0.2, 0.25) is 0 Å². The van der Waals surface area contributed by atoms with Gasteiger partial charge < -0.3 is 10.1 Å². The number of nitrogens with zero attached hydrogens (tertiary/aromatic N) is 5. The fraction of sp³-hybridized carbons (Fsp3) is 0.278. The highest BCUT2D eigenvalue weighted by Gasteiger charge is 2.33. The Hall–Kier alpha value is -3.51. The largest absolute Gasteiger partial charge is 0.461 e. The van der Waals surface area contributed by atoms with Crippen LogP contribution in [0.1, 0.15) is 25.2 Å². The monoisotopic (exact) mass is 444 g/mol. The summed E-state index contributed by atoms with van der Waals surface area (Å²) in [5.41, 5.74) is -2.58. The lowest BCUT2D eigenvalue weighted by molar-refractivity contribution is -0.141. The molecule has 0 aliphatic carbocycles. The van der Waals surface area contributed by atoms with Crippen LogP contribution in [0.25, 0.3) is 11.5 Å². The summed E-state index contributed by atoms with van der Waals surface area (Å²) >= 11 is 0. The maximum absolute atomic E-state index is 13.0. The Morgan fingerprint density at radius 3 is 2.23 bits per heavy atom. The van der Waals surface area contributed by atoms with Gasteiger partial charge >= 0.3 is 18.4 Å². The maximum Gasteiger partial charge on any atom is 0.433 e. The van der Waals surface area contributed by atoms with E-state index in [0.29, 0.717) is 0 Å². The highest BCUT2D eigenvalue weighted by Crippen LogP contribution is 2.31. The van der Waals surface area contributed by atoms with Crippen molar-refractivity contribution in [3.8, 4) is 17.5 Å². The number of halogens is 6. The van der Waals surface area contributed by atoms with Gasteiger partial charge in [-0.25, -0.2) is 4.98 Å². The van der Waals surface area contributed by atoms with Crippen LogP contribution in [0.3, 0.4) is 0 Å². The summed E-state index contributed by atoms with van der Waals surface area (Å²) in [6.07, 6.45) is -8.81.